The molecule has 0 aliphatic carbocycles. The van der Waals surface area contributed by atoms with Crippen LogP contribution in [0.15, 0.2) is 22.3 Å². The lowest BCUT2D eigenvalue weighted by atomic mass is 10.1. The van der Waals surface area contributed by atoms with Crippen LogP contribution in [0.4, 0.5) is 4.79 Å². The van der Waals surface area contributed by atoms with Crippen LogP contribution in [0.5, 0.6) is 11.5 Å². The number of ether oxygens (including phenoxy) is 2. The number of rotatable bonds is 5. The first-order chi connectivity index (χ1) is 10.4. The van der Waals surface area contributed by atoms with E-state index < -0.39 is 11.9 Å². The molecule has 1 aliphatic rings. The summed E-state index contributed by atoms with van der Waals surface area (Å²) in [6.45, 7) is 4.01. The maximum Gasteiger partial charge on any atom is 0.326 e. The molecule has 118 valence electrons. The number of amides is 3. The van der Waals surface area contributed by atoms with Gasteiger partial charge in [-0.3, -0.25) is 10.1 Å². The third-order valence-electron chi connectivity index (χ3n) is 3.18. The van der Waals surface area contributed by atoms with Crippen molar-refractivity contribution in [2.75, 3.05) is 7.11 Å². The molecule has 3 amide bonds. The van der Waals surface area contributed by atoms with Crippen LogP contribution in [0.1, 0.15) is 25.8 Å². The summed E-state index contributed by atoms with van der Waals surface area (Å²) >= 11 is 3.45. The van der Waals surface area contributed by atoms with Crippen molar-refractivity contribution in [3.05, 3.63) is 27.9 Å². The topological polar surface area (TPSA) is 76.7 Å². The molecule has 0 aromatic heterocycles. The van der Waals surface area contributed by atoms with Crippen LogP contribution in [0.3, 0.4) is 0 Å². The largest absolute Gasteiger partial charge is 0.493 e. The zero-order chi connectivity index (χ0) is 16.3. The van der Waals surface area contributed by atoms with Gasteiger partial charge in [-0.25, -0.2) is 4.79 Å². The van der Waals surface area contributed by atoms with E-state index in [1.165, 1.54) is 0 Å². The van der Waals surface area contributed by atoms with Crippen molar-refractivity contribution in [1.82, 2.24) is 10.6 Å². The van der Waals surface area contributed by atoms with E-state index in [-0.39, 0.29) is 11.8 Å². The number of halogens is 1. The molecular formula is C15H17BrN2O4. The predicted molar refractivity (Wildman–Crippen MR) is 85.7 cm³/mol. The zero-order valence-electron chi connectivity index (χ0n) is 12.5. The minimum atomic E-state index is -0.529. The Labute approximate surface area is 137 Å². The van der Waals surface area contributed by atoms with Gasteiger partial charge in [-0.15, -0.1) is 0 Å². The molecule has 6 nitrogen and oxygen atoms in total. The number of methoxy groups -OCH3 is 1. The molecule has 1 unspecified atom stereocenters. The summed E-state index contributed by atoms with van der Waals surface area (Å²) in [4.78, 5) is 22.7. The number of hydrogen-bond donors (Lipinski definition) is 2. The molecule has 2 rings (SSSR count). The second kappa shape index (κ2) is 6.83. The highest BCUT2D eigenvalue weighted by Crippen LogP contribution is 2.38. The normalized spacial score (nSPS) is 17.2. The van der Waals surface area contributed by atoms with Crippen molar-refractivity contribution in [2.45, 2.75) is 26.4 Å². The van der Waals surface area contributed by atoms with E-state index in [0.717, 1.165) is 6.42 Å². The summed E-state index contributed by atoms with van der Waals surface area (Å²) in [6.07, 6.45) is 2.49. The van der Waals surface area contributed by atoms with Crippen molar-refractivity contribution in [1.29, 1.82) is 0 Å². The first kappa shape index (κ1) is 16.4. The lowest BCUT2D eigenvalue weighted by molar-refractivity contribution is -0.115. The lowest BCUT2D eigenvalue weighted by Crippen LogP contribution is -2.22. The highest BCUT2D eigenvalue weighted by atomic mass is 79.9. The Morgan fingerprint density at radius 3 is 2.59 bits per heavy atom. The molecule has 0 saturated carbocycles. The van der Waals surface area contributed by atoms with Gasteiger partial charge in [-0.1, -0.05) is 6.92 Å². The van der Waals surface area contributed by atoms with Gasteiger partial charge in [0.15, 0.2) is 11.5 Å². The van der Waals surface area contributed by atoms with Crippen molar-refractivity contribution >= 4 is 33.9 Å². The van der Waals surface area contributed by atoms with Gasteiger partial charge >= 0.3 is 6.03 Å². The minimum Gasteiger partial charge on any atom is -0.493 e. The van der Waals surface area contributed by atoms with E-state index in [0.29, 0.717) is 21.5 Å². The Kier molecular flexibility index (Phi) is 5.07. The van der Waals surface area contributed by atoms with Crippen molar-refractivity contribution in [2.24, 2.45) is 0 Å². The SMILES string of the molecule is CCC(C)Oc1c(Br)cc(C=C2NC(=O)NC2=O)cc1OC. The summed E-state index contributed by atoms with van der Waals surface area (Å²) in [5.41, 5.74) is 0.891. The van der Waals surface area contributed by atoms with Crippen LogP contribution >= 0.6 is 15.9 Å². The molecule has 0 bridgehead atoms. The van der Waals surface area contributed by atoms with Crippen molar-refractivity contribution in [3.8, 4) is 11.5 Å². The lowest BCUT2D eigenvalue weighted by Gasteiger charge is -2.17. The Hall–Kier alpha value is -2.02. The third-order valence-corrected chi connectivity index (χ3v) is 3.77. The number of nitrogens with one attached hydrogen (secondary N) is 2. The second-order valence-electron chi connectivity index (χ2n) is 4.84. The molecule has 0 spiro atoms. The summed E-state index contributed by atoms with van der Waals surface area (Å²) < 4.78 is 11.9. The number of imide groups is 1. The molecule has 1 heterocycles. The number of benzene rings is 1. The van der Waals surface area contributed by atoms with E-state index in [4.69, 9.17) is 9.47 Å². The molecule has 0 radical (unpaired) electrons. The predicted octanol–water partition coefficient (Wildman–Crippen LogP) is 2.82. The first-order valence-electron chi connectivity index (χ1n) is 6.82. The van der Waals surface area contributed by atoms with E-state index >= 15 is 0 Å². The Morgan fingerprint density at radius 2 is 2.05 bits per heavy atom. The maximum atomic E-state index is 11.5. The maximum absolute atomic E-state index is 11.5. The number of hydrogen-bond acceptors (Lipinski definition) is 4. The minimum absolute atomic E-state index is 0.0503. The Balaban J connectivity index is 2.35. The van der Waals surface area contributed by atoms with Crippen molar-refractivity contribution in [3.63, 3.8) is 0 Å². The monoisotopic (exact) mass is 368 g/mol. The summed E-state index contributed by atoms with van der Waals surface area (Å²) in [7, 11) is 1.55. The summed E-state index contributed by atoms with van der Waals surface area (Å²) in [5.74, 6) is 0.699. The summed E-state index contributed by atoms with van der Waals surface area (Å²) in [6, 6.07) is 3.01. The van der Waals surface area contributed by atoms with Gasteiger partial charge < -0.3 is 14.8 Å². The van der Waals surface area contributed by atoms with Gasteiger partial charge in [0.1, 0.15) is 5.70 Å². The molecule has 22 heavy (non-hydrogen) atoms. The average molecular weight is 369 g/mol. The Morgan fingerprint density at radius 1 is 1.32 bits per heavy atom. The third kappa shape index (κ3) is 3.59. The first-order valence-corrected chi connectivity index (χ1v) is 7.62. The zero-order valence-corrected chi connectivity index (χ0v) is 14.1. The fourth-order valence-electron chi connectivity index (χ4n) is 1.87. The molecule has 1 atom stereocenters. The second-order valence-corrected chi connectivity index (χ2v) is 5.69. The van der Waals surface area contributed by atoms with Crippen LogP contribution in [-0.4, -0.2) is 25.2 Å². The molecule has 1 aromatic carbocycles. The molecule has 1 aliphatic heterocycles. The van der Waals surface area contributed by atoms with Gasteiger partial charge in [-0.05, 0) is 53.0 Å². The Bertz CT molecular complexity index is 643. The quantitative estimate of drug-likeness (QED) is 0.618. The smallest absolute Gasteiger partial charge is 0.326 e. The fraction of sp³-hybridized carbons (Fsp3) is 0.333. The average Bonchev–Trinajstić information content (AvgIpc) is 2.79. The van der Waals surface area contributed by atoms with Crippen LogP contribution in [-0.2, 0) is 4.79 Å². The van der Waals surface area contributed by atoms with Crippen LogP contribution in [0, 0.1) is 0 Å². The molecule has 7 heteroatoms. The number of urea groups is 1. The van der Waals surface area contributed by atoms with E-state index in [2.05, 4.69) is 26.6 Å². The van der Waals surface area contributed by atoms with Gasteiger partial charge in [0.25, 0.3) is 5.91 Å². The van der Waals surface area contributed by atoms with Crippen LogP contribution in [0.2, 0.25) is 0 Å². The fourth-order valence-corrected chi connectivity index (χ4v) is 2.42. The molecule has 1 aromatic rings. The van der Waals surface area contributed by atoms with E-state index in [1.807, 2.05) is 13.8 Å². The molecule has 2 N–H and O–H groups in total. The van der Waals surface area contributed by atoms with Crippen LogP contribution in [0.25, 0.3) is 6.08 Å². The molecular weight excluding hydrogens is 352 g/mol. The molecule has 1 saturated heterocycles. The van der Waals surface area contributed by atoms with Gasteiger partial charge in [0.2, 0.25) is 0 Å². The van der Waals surface area contributed by atoms with Gasteiger partial charge in [0, 0.05) is 0 Å². The molecule has 1 fully saturated rings. The van der Waals surface area contributed by atoms with E-state index in [1.54, 1.807) is 25.3 Å². The number of carbonyl (C=O) groups is 2. The van der Waals surface area contributed by atoms with Crippen LogP contribution < -0.4 is 20.1 Å². The van der Waals surface area contributed by atoms with Crippen molar-refractivity contribution < 1.29 is 19.1 Å². The highest BCUT2D eigenvalue weighted by Gasteiger charge is 2.23. The van der Waals surface area contributed by atoms with Gasteiger partial charge in [-0.2, -0.15) is 0 Å². The summed E-state index contributed by atoms with van der Waals surface area (Å²) in [5, 5.41) is 4.59. The van der Waals surface area contributed by atoms with Gasteiger partial charge in [0.05, 0.1) is 17.7 Å². The number of carbonyl (C=O) groups excluding carboxylic acids is 2. The highest BCUT2D eigenvalue weighted by molar-refractivity contribution is 9.10. The standard InChI is InChI=1S/C15H17BrN2O4/c1-4-8(2)22-13-10(16)5-9(7-12(13)21-3)6-11-14(19)18-15(20)17-11/h5-8H,4H2,1-3H3,(H2,17,18,19,20). The van der Waals surface area contributed by atoms with E-state index in [9.17, 15) is 9.59 Å².